The third-order valence-electron chi connectivity index (χ3n) is 3.82. The number of hydrazine groups is 1. The van der Waals surface area contributed by atoms with Crippen molar-refractivity contribution in [2.75, 3.05) is 18.5 Å². The third kappa shape index (κ3) is 4.31. The van der Waals surface area contributed by atoms with Crippen LogP contribution in [0.5, 0.6) is 5.75 Å². The third-order valence-corrected chi connectivity index (χ3v) is 3.82. The Hall–Kier alpha value is -2.37. The molecule has 1 unspecified atom stereocenters. The second-order valence-electron chi connectivity index (χ2n) is 5.68. The fraction of sp³-hybridized carbons (Fsp3) is 0.278. The van der Waals surface area contributed by atoms with Gasteiger partial charge in [0.15, 0.2) is 6.61 Å². The minimum absolute atomic E-state index is 0.00108. The minimum Gasteiger partial charge on any atom is -0.484 e. The first kappa shape index (κ1) is 15.5. The lowest BCUT2D eigenvalue weighted by Gasteiger charge is -2.11. The summed E-state index contributed by atoms with van der Waals surface area (Å²) in [6.07, 6.45) is 1.07. The smallest absolute Gasteiger partial charge is 0.262 e. The summed E-state index contributed by atoms with van der Waals surface area (Å²) >= 11 is 0. The summed E-state index contributed by atoms with van der Waals surface area (Å²) < 4.78 is 5.47. The van der Waals surface area contributed by atoms with Crippen LogP contribution in [-0.4, -0.2) is 19.1 Å². The zero-order valence-electron chi connectivity index (χ0n) is 13.1. The number of benzene rings is 2. The van der Waals surface area contributed by atoms with Crippen molar-refractivity contribution in [2.45, 2.75) is 19.4 Å². The summed E-state index contributed by atoms with van der Waals surface area (Å²) in [5, 5.41) is 2.84. The molecule has 1 atom stereocenters. The molecule has 1 aliphatic rings. The van der Waals surface area contributed by atoms with Crippen LogP contribution in [0.1, 0.15) is 23.6 Å². The number of rotatable bonds is 5. The average molecular weight is 311 g/mol. The number of aryl methyl sites for hydroxylation is 1. The first-order chi connectivity index (χ1) is 11.2. The molecule has 23 heavy (non-hydrogen) atoms. The molecular weight excluding hydrogens is 290 g/mol. The molecule has 1 heterocycles. The van der Waals surface area contributed by atoms with Crippen molar-refractivity contribution in [3.8, 4) is 5.75 Å². The number of amides is 1. The second-order valence-corrected chi connectivity index (χ2v) is 5.68. The fourth-order valence-electron chi connectivity index (χ4n) is 2.51. The van der Waals surface area contributed by atoms with Crippen molar-refractivity contribution in [3.63, 3.8) is 0 Å². The van der Waals surface area contributed by atoms with Crippen molar-refractivity contribution >= 4 is 11.6 Å². The Morgan fingerprint density at radius 2 is 1.91 bits per heavy atom. The maximum absolute atomic E-state index is 11.9. The molecule has 3 rings (SSSR count). The van der Waals surface area contributed by atoms with Crippen LogP contribution in [-0.2, 0) is 4.79 Å². The van der Waals surface area contributed by atoms with Gasteiger partial charge in [0, 0.05) is 18.3 Å². The highest BCUT2D eigenvalue weighted by Crippen LogP contribution is 2.20. The zero-order chi connectivity index (χ0) is 16.1. The summed E-state index contributed by atoms with van der Waals surface area (Å²) in [5.74, 6) is 0.528. The lowest BCUT2D eigenvalue weighted by Crippen LogP contribution is -2.24. The lowest BCUT2D eigenvalue weighted by atomic mass is 10.1. The first-order valence-electron chi connectivity index (χ1n) is 7.78. The molecule has 0 aromatic heterocycles. The number of hydrogen-bond acceptors (Lipinski definition) is 4. The number of nitrogens with one attached hydrogen (secondary N) is 3. The minimum atomic E-state index is -0.168. The Balaban J connectivity index is 1.50. The van der Waals surface area contributed by atoms with E-state index in [0.29, 0.717) is 11.8 Å². The maximum Gasteiger partial charge on any atom is 0.262 e. The van der Waals surface area contributed by atoms with Crippen LogP contribution in [0, 0.1) is 6.92 Å². The van der Waals surface area contributed by atoms with Crippen LogP contribution in [0.25, 0.3) is 0 Å². The lowest BCUT2D eigenvalue weighted by molar-refractivity contribution is -0.118. The highest BCUT2D eigenvalue weighted by Gasteiger charge is 2.15. The van der Waals surface area contributed by atoms with E-state index in [0.717, 1.165) is 24.2 Å². The van der Waals surface area contributed by atoms with E-state index in [4.69, 9.17) is 4.74 Å². The summed E-state index contributed by atoms with van der Waals surface area (Å²) in [7, 11) is 0. The molecule has 1 aliphatic heterocycles. The largest absolute Gasteiger partial charge is 0.484 e. The van der Waals surface area contributed by atoms with Gasteiger partial charge in [0.1, 0.15) is 5.75 Å². The monoisotopic (exact) mass is 311 g/mol. The zero-order valence-corrected chi connectivity index (χ0v) is 13.1. The van der Waals surface area contributed by atoms with Crippen molar-refractivity contribution in [1.29, 1.82) is 0 Å². The van der Waals surface area contributed by atoms with E-state index in [-0.39, 0.29) is 12.5 Å². The van der Waals surface area contributed by atoms with Gasteiger partial charge in [-0.25, -0.2) is 0 Å². The van der Waals surface area contributed by atoms with E-state index in [2.05, 4.69) is 16.2 Å². The summed E-state index contributed by atoms with van der Waals surface area (Å²) in [6, 6.07) is 15.9. The predicted octanol–water partition coefficient (Wildman–Crippen LogP) is 2.55. The summed E-state index contributed by atoms with van der Waals surface area (Å²) in [6.45, 7) is 2.98. The van der Waals surface area contributed by atoms with Crippen LogP contribution in [0.3, 0.4) is 0 Å². The molecule has 0 bridgehead atoms. The van der Waals surface area contributed by atoms with Gasteiger partial charge in [-0.2, -0.15) is 0 Å². The molecule has 0 spiro atoms. The predicted molar refractivity (Wildman–Crippen MR) is 90.2 cm³/mol. The molecule has 1 saturated heterocycles. The van der Waals surface area contributed by atoms with E-state index < -0.39 is 0 Å². The molecule has 3 N–H and O–H groups in total. The van der Waals surface area contributed by atoms with Crippen molar-refractivity contribution in [1.82, 2.24) is 10.9 Å². The highest BCUT2D eigenvalue weighted by molar-refractivity contribution is 5.91. The topological polar surface area (TPSA) is 62.4 Å². The van der Waals surface area contributed by atoms with Gasteiger partial charge in [-0.05, 0) is 43.2 Å². The molecule has 0 aliphatic carbocycles. The van der Waals surface area contributed by atoms with Crippen molar-refractivity contribution in [3.05, 3.63) is 59.7 Å². The van der Waals surface area contributed by atoms with Crippen LogP contribution in [0.15, 0.2) is 48.5 Å². The van der Waals surface area contributed by atoms with Gasteiger partial charge in [0.25, 0.3) is 5.91 Å². The van der Waals surface area contributed by atoms with Gasteiger partial charge >= 0.3 is 0 Å². The Morgan fingerprint density at radius 3 is 2.57 bits per heavy atom. The van der Waals surface area contributed by atoms with E-state index in [1.54, 1.807) is 0 Å². The second kappa shape index (κ2) is 7.26. The number of hydrogen-bond donors (Lipinski definition) is 3. The van der Waals surface area contributed by atoms with E-state index in [9.17, 15) is 4.79 Å². The number of carbonyl (C=O) groups excluding carboxylic acids is 1. The van der Waals surface area contributed by atoms with Gasteiger partial charge in [0.05, 0.1) is 0 Å². The van der Waals surface area contributed by atoms with E-state index in [1.165, 1.54) is 5.56 Å². The Bertz CT molecular complexity index is 647. The molecule has 0 saturated carbocycles. The van der Waals surface area contributed by atoms with Gasteiger partial charge in [0.2, 0.25) is 0 Å². The Labute approximate surface area is 136 Å². The maximum atomic E-state index is 11.9. The normalized spacial score (nSPS) is 17.0. The van der Waals surface area contributed by atoms with E-state index in [1.807, 2.05) is 55.5 Å². The molecule has 120 valence electrons. The molecule has 0 radical (unpaired) electrons. The number of anilines is 1. The molecule has 5 nitrogen and oxygen atoms in total. The van der Waals surface area contributed by atoms with Crippen LogP contribution >= 0.6 is 0 Å². The Kier molecular flexibility index (Phi) is 4.90. The van der Waals surface area contributed by atoms with Gasteiger partial charge in [-0.1, -0.05) is 29.8 Å². The average Bonchev–Trinajstić information content (AvgIpc) is 3.09. The van der Waals surface area contributed by atoms with Gasteiger partial charge in [-0.15, -0.1) is 0 Å². The van der Waals surface area contributed by atoms with Crippen LogP contribution < -0.4 is 20.9 Å². The molecular formula is C18H21N3O2. The fourth-order valence-corrected chi connectivity index (χ4v) is 2.51. The van der Waals surface area contributed by atoms with Crippen LogP contribution in [0.4, 0.5) is 5.69 Å². The van der Waals surface area contributed by atoms with Crippen molar-refractivity contribution < 1.29 is 9.53 Å². The standard InChI is InChI=1S/C18H21N3O2/c1-13-2-8-16(9-3-13)23-12-18(22)20-15-6-4-14(5-7-15)17-10-11-19-21-17/h2-9,17,19,21H,10-12H2,1H3,(H,20,22). The van der Waals surface area contributed by atoms with E-state index >= 15 is 0 Å². The molecule has 2 aromatic rings. The molecule has 2 aromatic carbocycles. The van der Waals surface area contributed by atoms with Gasteiger partial charge in [-0.3, -0.25) is 15.6 Å². The summed E-state index contributed by atoms with van der Waals surface area (Å²) in [5.41, 5.74) is 9.48. The molecule has 5 heteroatoms. The van der Waals surface area contributed by atoms with Crippen molar-refractivity contribution in [2.24, 2.45) is 0 Å². The molecule has 1 amide bonds. The first-order valence-corrected chi connectivity index (χ1v) is 7.78. The Morgan fingerprint density at radius 1 is 1.17 bits per heavy atom. The van der Waals surface area contributed by atoms with Gasteiger partial charge < -0.3 is 10.1 Å². The SMILES string of the molecule is Cc1ccc(OCC(=O)Nc2ccc(C3CCNN3)cc2)cc1. The number of ether oxygens (including phenoxy) is 1. The summed E-state index contributed by atoms with van der Waals surface area (Å²) in [4.78, 5) is 11.9. The molecule has 1 fully saturated rings. The van der Waals surface area contributed by atoms with Crippen LogP contribution in [0.2, 0.25) is 0 Å². The highest BCUT2D eigenvalue weighted by atomic mass is 16.5. The quantitative estimate of drug-likeness (QED) is 0.794. The number of carbonyl (C=O) groups is 1.